The summed E-state index contributed by atoms with van der Waals surface area (Å²) in [6, 6.07) is 15.8. The first-order valence-electron chi connectivity index (χ1n) is 21.7. The van der Waals surface area contributed by atoms with Gasteiger partial charge in [-0.3, -0.25) is 0 Å². The molecule has 0 radical (unpaired) electrons. The average molecular weight is 860 g/mol. The van der Waals surface area contributed by atoms with E-state index in [1.165, 1.54) is 12.3 Å². The highest BCUT2D eigenvalue weighted by Gasteiger charge is 2.29. The quantitative estimate of drug-likeness (QED) is 0.207. The zero-order valence-electron chi connectivity index (χ0n) is 36.4. The van der Waals surface area contributed by atoms with E-state index in [4.69, 9.17) is 48.9 Å². The fourth-order valence-electron chi connectivity index (χ4n) is 8.33. The average Bonchev–Trinajstić information content (AvgIpc) is 3.31. The van der Waals surface area contributed by atoms with Crippen LogP contribution >= 0.6 is 0 Å². The Balaban J connectivity index is 0.000000160. The van der Waals surface area contributed by atoms with Gasteiger partial charge in [0.2, 0.25) is 17.8 Å². The van der Waals surface area contributed by atoms with E-state index in [9.17, 15) is 4.39 Å². The normalized spacial score (nSPS) is 21.9. The third-order valence-electron chi connectivity index (χ3n) is 11.9. The molecule has 0 bridgehead atoms. The summed E-state index contributed by atoms with van der Waals surface area (Å²) in [4.78, 5) is 46.7. The van der Waals surface area contributed by atoms with Crippen molar-refractivity contribution in [2.24, 2.45) is 0 Å². The molecule has 0 spiro atoms. The highest BCUT2D eigenvalue weighted by atomic mass is 19.1. The van der Waals surface area contributed by atoms with Crippen LogP contribution in [0.2, 0.25) is 0 Å². The van der Waals surface area contributed by atoms with E-state index in [-0.39, 0.29) is 24.2 Å². The first-order chi connectivity index (χ1) is 30.7. The third-order valence-corrected chi connectivity index (χ3v) is 11.9. The van der Waals surface area contributed by atoms with Crippen molar-refractivity contribution < 1.29 is 23.3 Å². The Morgan fingerprint density at radius 2 is 0.937 bits per heavy atom. The van der Waals surface area contributed by atoms with Gasteiger partial charge in [0.1, 0.15) is 17.5 Å². The van der Waals surface area contributed by atoms with Crippen molar-refractivity contribution in [3.8, 4) is 22.5 Å². The van der Waals surface area contributed by atoms with Gasteiger partial charge in [0.15, 0.2) is 11.3 Å². The zero-order valence-corrected chi connectivity index (χ0v) is 36.4. The third kappa shape index (κ3) is 9.11. The number of fused-ring (bicyclic) bond motifs is 2. The molecule has 10 rings (SSSR count). The lowest BCUT2D eigenvalue weighted by atomic mass is 10.1. The topological polar surface area (TPSA) is 165 Å². The van der Waals surface area contributed by atoms with Crippen LogP contribution in [0.5, 0.6) is 0 Å². The van der Waals surface area contributed by atoms with Gasteiger partial charge in [-0.2, -0.15) is 24.3 Å². The predicted octanol–water partition coefficient (Wildman–Crippen LogP) is 5.25. The Morgan fingerprint density at radius 1 is 0.508 bits per heavy atom. The van der Waals surface area contributed by atoms with E-state index < -0.39 is 5.95 Å². The van der Waals surface area contributed by atoms with Crippen LogP contribution in [-0.2, 0) is 18.9 Å². The van der Waals surface area contributed by atoms with Gasteiger partial charge < -0.3 is 43.9 Å². The van der Waals surface area contributed by atoms with Crippen LogP contribution in [0.25, 0.3) is 44.6 Å². The number of morpholine rings is 4. The molecule has 0 amide bonds. The second-order valence-electron chi connectivity index (χ2n) is 16.4. The lowest BCUT2D eigenvalue weighted by Crippen LogP contribution is -2.46. The summed E-state index contributed by atoms with van der Waals surface area (Å²) >= 11 is 0. The first kappa shape index (κ1) is 42.4. The highest BCUT2D eigenvalue weighted by Crippen LogP contribution is 2.33. The molecule has 10 heterocycles. The molecular formula is C45H54FN13O4. The fourth-order valence-corrected chi connectivity index (χ4v) is 8.33. The maximum atomic E-state index is 13.3. The van der Waals surface area contributed by atoms with E-state index in [0.717, 1.165) is 71.2 Å². The van der Waals surface area contributed by atoms with Crippen molar-refractivity contribution in [2.45, 2.75) is 51.9 Å². The Hall–Kier alpha value is -5.95. The summed E-state index contributed by atoms with van der Waals surface area (Å²) in [5.41, 5.74) is 4.53. The molecule has 63 heavy (non-hydrogen) atoms. The summed E-state index contributed by atoms with van der Waals surface area (Å²) in [6.07, 6.45) is 3.32. The SMILES string of the molecule is CNc1ccc(-c2ccc3c(N4CCOC[C@@H]4C)nc(N4CCOC[C@@H]4C)nc3n2)cn1.C[C@H]1COCCN1c1nc(N2CCOC[C@@H]2C)c2ccc(-c3ccc(F)nc3)nc2n1. The van der Waals surface area contributed by atoms with Crippen molar-refractivity contribution in [1.82, 2.24) is 39.9 Å². The van der Waals surface area contributed by atoms with Crippen LogP contribution in [0.3, 0.4) is 0 Å². The van der Waals surface area contributed by atoms with E-state index >= 15 is 0 Å². The smallest absolute Gasteiger partial charge is 0.229 e. The van der Waals surface area contributed by atoms with Crippen molar-refractivity contribution >= 4 is 51.4 Å². The summed E-state index contributed by atoms with van der Waals surface area (Å²) in [5, 5.41) is 4.88. The minimum absolute atomic E-state index is 0.172. The predicted molar refractivity (Wildman–Crippen MR) is 241 cm³/mol. The molecule has 6 aromatic heterocycles. The molecule has 0 aromatic carbocycles. The molecular weight excluding hydrogens is 806 g/mol. The van der Waals surface area contributed by atoms with Gasteiger partial charge in [-0.05, 0) is 76.2 Å². The largest absolute Gasteiger partial charge is 0.377 e. The second-order valence-corrected chi connectivity index (χ2v) is 16.4. The Kier molecular flexibility index (Phi) is 12.6. The van der Waals surface area contributed by atoms with Crippen molar-refractivity contribution in [1.29, 1.82) is 0 Å². The Bertz CT molecular complexity index is 2520. The molecule has 4 aliphatic rings. The molecule has 1 N–H and O–H groups in total. The maximum absolute atomic E-state index is 13.3. The summed E-state index contributed by atoms with van der Waals surface area (Å²) in [5.74, 6) is 3.45. The van der Waals surface area contributed by atoms with Gasteiger partial charge in [0, 0.05) is 56.7 Å². The number of anilines is 5. The maximum Gasteiger partial charge on any atom is 0.229 e. The Morgan fingerprint density at radius 3 is 1.32 bits per heavy atom. The lowest BCUT2D eigenvalue weighted by Gasteiger charge is -2.37. The molecule has 0 saturated carbocycles. The number of aromatic nitrogens is 8. The van der Waals surface area contributed by atoms with Gasteiger partial charge in [-0.25, -0.2) is 19.9 Å². The van der Waals surface area contributed by atoms with Gasteiger partial charge in [-0.1, -0.05) is 0 Å². The number of hydrogen-bond donors (Lipinski definition) is 1. The van der Waals surface area contributed by atoms with Gasteiger partial charge >= 0.3 is 0 Å². The van der Waals surface area contributed by atoms with Crippen LogP contribution in [0.15, 0.2) is 60.9 Å². The first-order valence-corrected chi connectivity index (χ1v) is 21.7. The van der Waals surface area contributed by atoms with Crippen LogP contribution < -0.4 is 24.9 Å². The standard InChI is InChI=1S/C23H29N7O2.C22H25FN6O2/c1-15-13-31-10-8-29(15)22-18-5-6-19(17-4-7-20(24-3)25-12-17)26-21(18)27-23(28-22)30-9-11-32-14-16(30)2;1-14-12-30-9-7-28(14)21-17-4-5-18(16-3-6-19(23)24-11-16)25-20(17)26-22(27-21)29-8-10-31-13-15(29)2/h4-7,12,15-16H,8-11,13-14H2,1-3H3,(H,24,25);3-6,11,14-15H,7-10,12-13H2,1-2H3/t15-,16-;14-,15-/m00/s1. The summed E-state index contributed by atoms with van der Waals surface area (Å²) in [6.45, 7) is 16.9. The summed E-state index contributed by atoms with van der Waals surface area (Å²) < 4.78 is 35.8. The minimum Gasteiger partial charge on any atom is -0.377 e. The number of hydrogen-bond acceptors (Lipinski definition) is 17. The monoisotopic (exact) mass is 859 g/mol. The van der Waals surface area contributed by atoms with Crippen LogP contribution in [0.1, 0.15) is 27.7 Å². The van der Waals surface area contributed by atoms with Crippen LogP contribution in [0.4, 0.5) is 33.7 Å². The summed E-state index contributed by atoms with van der Waals surface area (Å²) in [7, 11) is 1.86. The van der Waals surface area contributed by atoms with E-state index in [2.05, 4.69) is 68.6 Å². The number of pyridine rings is 4. The van der Waals surface area contributed by atoms with Crippen LogP contribution in [-0.4, -0.2) is 150 Å². The molecule has 18 heteroatoms. The minimum atomic E-state index is -0.515. The van der Waals surface area contributed by atoms with E-state index in [1.54, 1.807) is 6.07 Å². The van der Waals surface area contributed by atoms with Crippen molar-refractivity contribution in [2.75, 3.05) is 111 Å². The molecule has 6 aromatic rings. The molecule has 4 aliphatic heterocycles. The molecule has 17 nitrogen and oxygen atoms in total. The molecule has 0 aliphatic carbocycles. The second kappa shape index (κ2) is 18.8. The highest BCUT2D eigenvalue weighted by molar-refractivity contribution is 5.91. The number of halogens is 1. The lowest BCUT2D eigenvalue weighted by molar-refractivity contribution is 0.0972. The van der Waals surface area contributed by atoms with E-state index in [1.807, 2.05) is 43.6 Å². The molecule has 4 fully saturated rings. The van der Waals surface area contributed by atoms with Crippen molar-refractivity contribution in [3.05, 3.63) is 66.9 Å². The van der Waals surface area contributed by atoms with Gasteiger partial charge in [0.05, 0.1) is 99.2 Å². The van der Waals surface area contributed by atoms with Crippen molar-refractivity contribution in [3.63, 3.8) is 0 Å². The fraction of sp³-hybridized carbons (Fsp3) is 0.467. The number of ether oxygens (including phenoxy) is 4. The molecule has 330 valence electrons. The number of rotatable bonds is 7. The number of nitrogens with one attached hydrogen (secondary N) is 1. The molecule has 4 saturated heterocycles. The van der Waals surface area contributed by atoms with E-state index in [0.29, 0.717) is 81.7 Å². The molecule has 0 unspecified atom stereocenters. The van der Waals surface area contributed by atoms with Gasteiger partial charge in [-0.15, -0.1) is 0 Å². The Labute approximate surface area is 366 Å². The number of nitrogens with zero attached hydrogens (tertiary/aromatic N) is 12. The zero-order chi connectivity index (χ0) is 43.5. The van der Waals surface area contributed by atoms with Gasteiger partial charge in [0.25, 0.3) is 0 Å². The molecule has 4 atom stereocenters. The van der Waals surface area contributed by atoms with Crippen LogP contribution in [0, 0.1) is 5.95 Å².